The Hall–Kier alpha value is -0.290. The molecular formula is C16H30Cl2N4. The third-order valence-corrected chi connectivity index (χ3v) is 5.45. The molecule has 0 radical (unpaired) electrons. The Morgan fingerprint density at radius 2 is 1.86 bits per heavy atom. The predicted molar refractivity (Wildman–Crippen MR) is 96.1 cm³/mol. The number of likely N-dealkylation sites (tertiary alicyclic amines) is 1. The van der Waals surface area contributed by atoms with E-state index in [1.54, 1.807) is 0 Å². The third-order valence-electron chi connectivity index (χ3n) is 5.45. The van der Waals surface area contributed by atoms with Crippen LogP contribution in [0, 0.1) is 12.3 Å². The Morgan fingerprint density at radius 1 is 1.14 bits per heavy atom. The van der Waals surface area contributed by atoms with Gasteiger partial charge in [-0.05, 0) is 76.2 Å². The predicted octanol–water partition coefficient (Wildman–Crippen LogP) is 2.93. The molecule has 3 heterocycles. The highest BCUT2D eigenvalue weighted by Crippen LogP contribution is 2.39. The number of aryl methyl sites for hydroxylation is 2. The molecular weight excluding hydrogens is 319 g/mol. The normalized spacial score (nSPS) is 21.7. The molecule has 0 saturated carbocycles. The smallest absolute Gasteiger partial charge is 0.0550 e. The Balaban J connectivity index is 0.00000121. The molecule has 4 nitrogen and oxygen atoms in total. The van der Waals surface area contributed by atoms with Crippen LogP contribution >= 0.6 is 24.8 Å². The van der Waals surface area contributed by atoms with E-state index < -0.39 is 0 Å². The summed E-state index contributed by atoms with van der Waals surface area (Å²) in [7, 11) is 2.06. The summed E-state index contributed by atoms with van der Waals surface area (Å²) in [6.45, 7) is 8.19. The summed E-state index contributed by atoms with van der Waals surface area (Å²) >= 11 is 0. The van der Waals surface area contributed by atoms with Gasteiger partial charge < -0.3 is 5.32 Å². The summed E-state index contributed by atoms with van der Waals surface area (Å²) < 4.78 is 2.04. The van der Waals surface area contributed by atoms with Crippen molar-refractivity contribution in [1.29, 1.82) is 0 Å². The lowest BCUT2D eigenvalue weighted by Gasteiger charge is -2.37. The minimum Gasteiger partial charge on any atom is -0.317 e. The fourth-order valence-electron chi connectivity index (χ4n) is 3.94. The zero-order valence-corrected chi connectivity index (χ0v) is 15.4. The first kappa shape index (κ1) is 19.8. The molecule has 1 N–H and O–H groups in total. The van der Waals surface area contributed by atoms with Crippen molar-refractivity contribution in [2.45, 2.75) is 45.6 Å². The van der Waals surface area contributed by atoms with Crippen molar-refractivity contribution in [3.8, 4) is 0 Å². The van der Waals surface area contributed by atoms with Gasteiger partial charge in [0.1, 0.15) is 0 Å². The van der Waals surface area contributed by atoms with Crippen molar-refractivity contribution in [3.63, 3.8) is 0 Å². The monoisotopic (exact) mass is 348 g/mol. The first-order valence-corrected chi connectivity index (χ1v) is 8.09. The lowest BCUT2D eigenvalue weighted by molar-refractivity contribution is 0.166. The van der Waals surface area contributed by atoms with E-state index in [1.807, 2.05) is 10.9 Å². The van der Waals surface area contributed by atoms with E-state index in [0.717, 1.165) is 6.54 Å². The van der Waals surface area contributed by atoms with Gasteiger partial charge in [-0.15, -0.1) is 24.8 Å². The number of aromatic nitrogens is 2. The lowest BCUT2D eigenvalue weighted by Crippen LogP contribution is -2.37. The average Bonchev–Trinajstić information content (AvgIpc) is 2.66. The van der Waals surface area contributed by atoms with Gasteiger partial charge in [-0.2, -0.15) is 5.10 Å². The SMILES string of the molecule is Cc1cnn(C)c1CN1CCCC2(CCNCC2)CC1.Cl.Cl. The molecule has 1 aromatic heterocycles. The molecule has 0 bridgehead atoms. The fraction of sp³-hybridized carbons (Fsp3) is 0.812. The first-order valence-electron chi connectivity index (χ1n) is 8.09. The van der Waals surface area contributed by atoms with Crippen LogP contribution in [0.25, 0.3) is 0 Å². The number of nitrogens with one attached hydrogen (secondary N) is 1. The van der Waals surface area contributed by atoms with Crippen LogP contribution < -0.4 is 5.32 Å². The molecule has 2 aliphatic rings. The van der Waals surface area contributed by atoms with Crippen molar-refractivity contribution in [2.75, 3.05) is 26.2 Å². The quantitative estimate of drug-likeness (QED) is 0.891. The van der Waals surface area contributed by atoms with Crippen LogP contribution in [-0.2, 0) is 13.6 Å². The second kappa shape index (κ2) is 8.53. The molecule has 2 fully saturated rings. The molecule has 0 atom stereocenters. The zero-order valence-electron chi connectivity index (χ0n) is 13.8. The summed E-state index contributed by atoms with van der Waals surface area (Å²) in [6.07, 6.45) is 8.91. The Bertz CT molecular complexity index is 435. The second-order valence-electron chi connectivity index (χ2n) is 6.78. The van der Waals surface area contributed by atoms with Gasteiger partial charge in [0.25, 0.3) is 0 Å². The van der Waals surface area contributed by atoms with E-state index in [2.05, 4.69) is 29.3 Å². The minimum atomic E-state index is 0. The number of rotatable bonds is 2. The molecule has 0 amide bonds. The topological polar surface area (TPSA) is 33.1 Å². The number of halogens is 2. The van der Waals surface area contributed by atoms with Crippen molar-refractivity contribution >= 4 is 24.8 Å². The van der Waals surface area contributed by atoms with Gasteiger partial charge in [0.15, 0.2) is 0 Å². The van der Waals surface area contributed by atoms with Crippen LogP contribution in [0.15, 0.2) is 6.20 Å². The molecule has 3 rings (SSSR count). The summed E-state index contributed by atoms with van der Waals surface area (Å²) in [5.74, 6) is 0. The van der Waals surface area contributed by atoms with E-state index in [4.69, 9.17) is 0 Å². The molecule has 0 aliphatic carbocycles. The second-order valence-corrected chi connectivity index (χ2v) is 6.78. The average molecular weight is 349 g/mol. The Labute approximate surface area is 146 Å². The number of nitrogens with zero attached hydrogens (tertiary/aromatic N) is 3. The third kappa shape index (κ3) is 4.38. The van der Waals surface area contributed by atoms with Gasteiger partial charge in [-0.1, -0.05) is 0 Å². The fourth-order valence-corrected chi connectivity index (χ4v) is 3.94. The Morgan fingerprint density at radius 3 is 2.50 bits per heavy atom. The van der Waals surface area contributed by atoms with E-state index in [0.29, 0.717) is 5.41 Å². The molecule has 1 aromatic rings. The number of hydrogen-bond donors (Lipinski definition) is 1. The number of hydrogen-bond acceptors (Lipinski definition) is 3. The van der Waals surface area contributed by atoms with Crippen LogP contribution in [0.4, 0.5) is 0 Å². The summed E-state index contributed by atoms with van der Waals surface area (Å²) in [5.41, 5.74) is 3.35. The van der Waals surface area contributed by atoms with Crippen LogP contribution in [0.3, 0.4) is 0 Å². The van der Waals surface area contributed by atoms with Gasteiger partial charge >= 0.3 is 0 Å². The maximum absolute atomic E-state index is 4.37. The zero-order chi connectivity index (χ0) is 14.0. The van der Waals surface area contributed by atoms with Crippen molar-refractivity contribution in [3.05, 3.63) is 17.5 Å². The standard InChI is InChI=1S/C16H28N4.2ClH/c1-14-12-18-19(2)15(14)13-20-10-3-4-16(7-11-20)5-8-17-9-6-16;;/h12,17H,3-11,13H2,1-2H3;2*1H. The molecule has 0 aromatic carbocycles. The summed E-state index contributed by atoms with van der Waals surface area (Å²) in [4.78, 5) is 2.64. The highest BCUT2D eigenvalue weighted by molar-refractivity contribution is 5.85. The summed E-state index contributed by atoms with van der Waals surface area (Å²) in [6, 6.07) is 0. The molecule has 0 unspecified atom stereocenters. The maximum atomic E-state index is 4.37. The molecule has 6 heteroatoms. The van der Waals surface area contributed by atoms with Gasteiger partial charge in [-0.25, -0.2) is 0 Å². The van der Waals surface area contributed by atoms with Crippen LogP contribution in [0.2, 0.25) is 0 Å². The molecule has 2 aliphatic heterocycles. The first-order chi connectivity index (χ1) is 9.69. The van der Waals surface area contributed by atoms with Crippen LogP contribution in [0.1, 0.15) is 43.4 Å². The molecule has 22 heavy (non-hydrogen) atoms. The van der Waals surface area contributed by atoms with Crippen LogP contribution in [0.5, 0.6) is 0 Å². The highest BCUT2D eigenvalue weighted by atomic mass is 35.5. The van der Waals surface area contributed by atoms with Crippen LogP contribution in [-0.4, -0.2) is 40.9 Å². The minimum absolute atomic E-state index is 0. The van der Waals surface area contributed by atoms with Gasteiger partial charge in [0.05, 0.1) is 11.9 Å². The van der Waals surface area contributed by atoms with E-state index in [-0.39, 0.29) is 24.8 Å². The molecule has 1 spiro atoms. The van der Waals surface area contributed by atoms with Gasteiger partial charge in [0, 0.05) is 13.6 Å². The van der Waals surface area contributed by atoms with E-state index >= 15 is 0 Å². The molecule has 2 saturated heterocycles. The largest absolute Gasteiger partial charge is 0.317 e. The Kier molecular flexibility index (Phi) is 7.66. The molecule has 128 valence electrons. The maximum Gasteiger partial charge on any atom is 0.0550 e. The lowest BCUT2D eigenvalue weighted by atomic mass is 9.73. The van der Waals surface area contributed by atoms with Gasteiger partial charge in [0.2, 0.25) is 0 Å². The highest BCUT2D eigenvalue weighted by Gasteiger charge is 2.33. The van der Waals surface area contributed by atoms with Crippen molar-refractivity contribution in [1.82, 2.24) is 20.0 Å². The van der Waals surface area contributed by atoms with Crippen molar-refractivity contribution in [2.24, 2.45) is 12.5 Å². The van der Waals surface area contributed by atoms with Gasteiger partial charge in [-0.3, -0.25) is 9.58 Å². The summed E-state index contributed by atoms with van der Waals surface area (Å²) in [5, 5.41) is 7.88. The van der Waals surface area contributed by atoms with E-state index in [1.165, 1.54) is 69.5 Å². The van der Waals surface area contributed by atoms with Crippen molar-refractivity contribution < 1.29 is 0 Å². The van der Waals surface area contributed by atoms with E-state index in [9.17, 15) is 0 Å². The number of piperidine rings is 1.